The first kappa shape index (κ1) is 12.8. The van der Waals surface area contributed by atoms with E-state index in [1.54, 1.807) is 23.7 Å². The van der Waals surface area contributed by atoms with Crippen molar-refractivity contribution in [3.05, 3.63) is 34.3 Å². The largest absolute Gasteiger partial charge is 0.347 e. The first-order valence-electron chi connectivity index (χ1n) is 5.88. The Morgan fingerprint density at radius 3 is 3.00 bits per heavy atom. The molecule has 5 nitrogen and oxygen atoms in total. The van der Waals surface area contributed by atoms with Crippen molar-refractivity contribution in [3.8, 4) is 0 Å². The molecule has 2 N–H and O–H groups in total. The molecule has 0 aromatic carbocycles. The Bertz CT molecular complexity index is 506. The average Bonchev–Trinajstić information content (AvgIpc) is 2.98. The Kier molecular flexibility index (Phi) is 4.09. The maximum Gasteiger partial charge on any atom is 0.226 e. The number of carbonyl (C=O) groups is 1. The van der Waals surface area contributed by atoms with Gasteiger partial charge in [-0.05, 0) is 13.3 Å². The molecular weight excluding hydrogens is 248 g/mol. The minimum atomic E-state index is -0.0627. The third kappa shape index (κ3) is 3.16. The zero-order valence-corrected chi connectivity index (χ0v) is 11.3. The minimum absolute atomic E-state index is 0.0245. The van der Waals surface area contributed by atoms with Gasteiger partial charge >= 0.3 is 0 Å². The van der Waals surface area contributed by atoms with Gasteiger partial charge in [0.25, 0.3) is 0 Å². The summed E-state index contributed by atoms with van der Waals surface area (Å²) in [7, 11) is 0. The summed E-state index contributed by atoms with van der Waals surface area (Å²) < 4.78 is 0. The Morgan fingerprint density at radius 1 is 1.61 bits per heavy atom. The summed E-state index contributed by atoms with van der Waals surface area (Å²) in [5, 5.41) is 5.86. The van der Waals surface area contributed by atoms with Gasteiger partial charge in [0.2, 0.25) is 5.91 Å². The van der Waals surface area contributed by atoms with Gasteiger partial charge in [-0.25, -0.2) is 9.97 Å². The van der Waals surface area contributed by atoms with Gasteiger partial charge in [0.05, 0.1) is 23.2 Å². The normalized spacial score (nSPS) is 12.3. The number of thiazole rings is 1. The topological polar surface area (TPSA) is 70.7 Å². The number of nitrogens with zero attached hydrogens (tertiary/aromatic N) is 2. The highest BCUT2D eigenvalue weighted by Crippen LogP contribution is 2.12. The Balaban J connectivity index is 1.94. The molecule has 0 spiro atoms. The van der Waals surface area contributed by atoms with Gasteiger partial charge in [-0.2, -0.15) is 0 Å². The van der Waals surface area contributed by atoms with Crippen LogP contribution < -0.4 is 5.32 Å². The van der Waals surface area contributed by atoms with Crippen LogP contribution in [0.25, 0.3) is 0 Å². The minimum Gasteiger partial charge on any atom is -0.347 e. The summed E-state index contributed by atoms with van der Waals surface area (Å²) in [4.78, 5) is 23.4. The van der Waals surface area contributed by atoms with Crippen molar-refractivity contribution in [3.63, 3.8) is 0 Å². The van der Waals surface area contributed by atoms with Crippen molar-refractivity contribution in [1.82, 2.24) is 20.3 Å². The van der Waals surface area contributed by atoms with Crippen molar-refractivity contribution < 1.29 is 4.79 Å². The SMILES string of the molecule is CCC(NC(=O)Cc1csc(C)n1)c1ncc[nH]1. The van der Waals surface area contributed by atoms with E-state index in [9.17, 15) is 4.79 Å². The molecule has 0 radical (unpaired) electrons. The van der Waals surface area contributed by atoms with Crippen LogP contribution in [-0.4, -0.2) is 20.9 Å². The predicted molar refractivity (Wildman–Crippen MR) is 70.3 cm³/mol. The van der Waals surface area contributed by atoms with E-state index < -0.39 is 0 Å². The monoisotopic (exact) mass is 264 g/mol. The van der Waals surface area contributed by atoms with E-state index in [1.807, 2.05) is 19.2 Å². The third-order valence-corrected chi connectivity index (χ3v) is 3.42. The van der Waals surface area contributed by atoms with Gasteiger partial charge in [0.15, 0.2) is 0 Å². The van der Waals surface area contributed by atoms with Crippen molar-refractivity contribution in [2.75, 3.05) is 0 Å². The van der Waals surface area contributed by atoms with Crippen LogP contribution in [-0.2, 0) is 11.2 Å². The molecule has 0 fully saturated rings. The molecule has 1 amide bonds. The summed E-state index contributed by atoms with van der Waals surface area (Å²) in [5.41, 5.74) is 0.823. The van der Waals surface area contributed by atoms with Gasteiger partial charge in [-0.1, -0.05) is 6.92 Å². The summed E-state index contributed by atoms with van der Waals surface area (Å²) in [6, 6.07) is -0.0627. The quantitative estimate of drug-likeness (QED) is 0.867. The number of aromatic nitrogens is 3. The molecule has 0 bridgehead atoms. The molecule has 1 unspecified atom stereocenters. The molecule has 0 aliphatic carbocycles. The number of carbonyl (C=O) groups excluding carboxylic acids is 1. The van der Waals surface area contributed by atoms with Crippen molar-refractivity contribution >= 4 is 17.2 Å². The summed E-state index contributed by atoms with van der Waals surface area (Å²) in [6.07, 6.45) is 4.57. The molecule has 18 heavy (non-hydrogen) atoms. The lowest BCUT2D eigenvalue weighted by atomic mass is 10.2. The van der Waals surface area contributed by atoms with E-state index >= 15 is 0 Å². The maximum atomic E-state index is 11.9. The van der Waals surface area contributed by atoms with Gasteiger partial charge in [0.1, 0.15) is 5.82 Å². The number of nitrogens with one attached hydrogen (secondary N) is 2. The molecule has 6 heteroatoms. The van der Waals surface area contributed by atoms with Crippen molar-refractivity contribution in [1.29, 1.82) is 0 Å². The standard InChI is InChI=1S/C12H16N4OS/c1-3-10(12-13-4-5-14-12)16-11(17)6-9-7-18-8(2)15-9/h4-5,7,10H,3,6H2,1-2H3,(H,13,14)(H,16,17). The number of H-pyrrole nitrogens is 1. The molecule has 2 heterocycles. The lowest BCUT2D eigenvalue weighted by molar-refractivity contribution is -0.121. The predicted octanol–water partition coefficient (Wildman–Crippen LogP) is 1.98. The number of hydrogen-bond acceptors (Lipinski definition) is 4. The number of rotatable bonds is 5. The highest BCUT2D eigenvalue weighted by atomic mass is 32.1. The van der Waals surface area contributed by atoms with Crippen LogP contribution in [0.15, 0.2) is 17.8 Å². The molecular formula is C12H16N4OS. The second-order valence-electron chi connectivity index (χ2n) is 4.04. The highest BCUT2D eigenvalue weighted by molar-refractivity contribution is 7.09. The number of aryl methyl sites for hydroxylation is 1. The van der Waals surface area contributed by atoms with E-state index in [2.05, 4.69) is 20.3 Å². The van der Waals surface area contributed by atoms with Crippen LogP contribution >= 0.6 is 11.3 Å². The lowest BCUT2D eigenvalue weighted by Gasteiger charge is -2.14. The molecule has 0 saturated heterocycles. The van der Waals surface area contributed by atoms with E-state index in [-0.39, 0.29) is 11.9 Å². The number of imidazole rings is 1. The Morgan fingerprint density at radius 2 is 2.44 bits per heavy atom. The third-order valence-electron chi connectivity index (χ3n) is 2.60. The summed E-state index contributed by atoms with van der Waals surface area (Å²) in [5.74, 6) is 0.767. The van der Waals surface area contributed by atoms with E-state index in [4.69, 9.17) is 0 Å². The van der Waals surface area contributed by atoms with Crippen LogP contribution in [0, 0.1) is 6.92 Å². The Labute approximate surface area is 110 Å². The van der Waals surface area contributed by atoms with Gasteiger partial charge in [-0.3, -0.25) is 4.79 Å². The van der Waals surface area contributed by atoms with Crippen LogP contribution in [0.1, 0.15) is 35.9 Å². The van der Waals surface area contributed by atoms with E-state index in [0.29, 0.717) is 6.42 Å². The zero-order chi connectivity index (χ0) is 13.0. The summed E-state index contributed by atoms with van der Waals surface area (Å²) in [6.45, 7) is 3.95. The van der Waals surface area contributed by atoms with E-state index in [0.717, 1.165) is 22.9 Å². The molecule has 0 aliphatic heterocycles. The fourth-order valence-corrected chi connectivity index (χ4v) is 2.34. The Hall–Kier alpha value is -1.69. The number of amides is 1. The molecule has 96 valence electrons. The second kappa shape index (κ2) is 5.77. The average molecular weight is 264 g/mol. The lowest BCUT2D eigenvalue weighted by Crippen LogP contribution is -2.30. The van der Waals surface area contributed by atoms with Gasteiger partial charge in [0, 0.05) is 17.8 Å². The number of hydrogen-bond donors (Lipinski definition) is 2. The van der Waals surface area contributed by atoms with Crippen LogP contribution in [0.4, 0.5) is 0 Å². The van der Waals surface area contributed by atoms with E-state index in [1.165, 1.54) is 0 Å². The van der Waals surface area contributed by atoms with Gasteiger partial charge < -0.3 is 10.3 Å². The zero-order valence-electron chi connectivity index (χ0n) is 10.4. The first-order chi connectivity index (χ1) is 8.69. The van der Waals surface area contributed by atoms with Crippen LogP contribution in [0.3, 0.4) is 0 Å². The second-order valence-corrected chi connectivity index (χ2v) is 5.10. The van der Waals surface area contributed by atoms with Crippen LogP contribution in [0.2, 0.25) is 0 Å². The van der Waals surface area contributed by atoms with Crippen molar-refractivity contribution in [2.45, 2.75) is 32.7 Å². The molecule has 0 aliphatic rings. The fourth-order valence-electron chi connectivity index (χ4n) is 1.73. The highest BCUT2D eigenvalue weighted by Gasteiger charge is 2.15. The molecule has 1 atom stereocenters. The molecule has 0 saturated carbocycles. The fraction of sp³-hybridized carbons (Fsp3) is 0.417. The number of aromatic amines is 1. The van der Waals surface area contributed by atoms with Crippen LogP contribution in [0.5, 0.6) is 0 Å². The molecule has 2 rings (SSSR count). The maximum absolute atomic E-state index is 11.9. The molecule has 2 aromatic heterocycles. The first-order valence-corrected chi connectivity index (χ1v) is 6.76. The summed E-state index contributed by atoms with van der Waals surface area (Å²) >= 11 is 1.56. The van der Waals surface area contributed by atoms with Crippen molar-refractivity contribution in [2.24, 2.45) is 0 Å². The molecule has 2 aromatic rings. The van der Waals surface area contributed by atoms with Gasteiger partial charge in [-0.15, -0.1) is 11.3 Å². The smallest absolute Gasteiger partial charge is 0.226 e.